The minimum atomic E-state index is -1.00. The molecule has 3 atom stereocenters. The van der Waals surface area contributed by atoms with E-state index < -0.39 is 29.1 Å². The number of nitrogens with one attached hydrogen (secondary N) is 7. The van der Waals surface area contributed by atoms with E-state index in [1.54, 1.807) is 97.5 Å². The van der Waals surface area contributed by atoms with Crippen molar-refractivity contribution in [2.75, 3.05) is 62.3 Å². The third-order valence-electron chi connectivity index (χ3n) is 20.0. The Bertz CT molecular complexity index is 5210. The van der Waals surface area contributed by atoms with Gasteiger partial charge in [-0.15, -0.1) is 46.4 Å². The molecular formula is C82H93ClN12O14S3. The van der Waals surface area contributed by atoms with Gasteiger partial charge in [-0.25, -0.2) is 38.9 Å². The number of nitrogens with zero attached hydrogens (tertiary/aromatic N) is 5. The fourth-order valence-electron chi connectivity index (χ4n) is 14.6. The monoisotopic (exact) mass is 1600 g/mol. The van der Waals surface area contributed by atoms with Crippen molar-refractivity contribution in [3.05, 3.63) is 164 Å². The second-order valence-corrected chi connectivity index (χ2v) is 33.1. The molecule has 3 aromatic carbocycles. The number of carboxylic acid groups (broad SMARTS) is 3. The number of carboxylic acids is 3. The standard InChI is InChI=1S/C29H32N4O5S.C24H24N4O3S.C21H25N3O3S.C8H11NO3.ClH/c1-15-22(30-16(2)24(15)27(35)36)12-20-19-11-17(8-9-21(19)31-25(20)34)23-14-39-26(32-23)18-7-6-10-33(13-18)28(37)38-29(3,4)5;1-12-19(26-13(2)21(12)24(30)31)9-17-16-8-14(5-6-18(16)27-22(17)29)20-11-32-23(28-20)15-4-3-7-25-10-15;1-21(2,3)27-20(26)24-8-4-5-14(11-24)19-23-17(12-28-19)13-6-7-16-15(9-13)10-18(25)22-16;1-4-6(8(10)11)5(2)9-7(4)12-3;/h8-9,11-12,14,18,30H,6-7,10,13H2,1-5H3,(H,31,34)(H,35,36);5-6,8-9,11,15,25-26H,3-4,7,10H2,1-2H3,(H,27,29)(H,30,31);6-7,9,12,14H,4-5,8,10-11H2,1-3H3,(H,22,25);9H,1-3H3,(H,10,11);1H/b20-12-;17-9-;;;. The van der Waals surface area contributed by atoms with E-state index in [1.807, 2.05) is 102 Å². The van der Waals surface area contributed by atoms with Gasteiger partial charge in [-0.2, -0.15) is 0 Å². The van der Waals surface area contributed by atoms with E-state index in [1.165, 1.54) is 13.5 Å². The molecular weight excluding hydrogens is 1510 g/mol. The molecule has 5 amide bonds. The van der Waals surface area contributed by atoms with Gasteiger partial charge in [0.1, 0.15) is 11.2 Å². The third kappa shape index (κ3) is 18.6. The fourth-order valence-corrected chi connectivity index (χ4v) is 17.5. The Balaban J connectivity index is 0.000000155. The average Bonchev–Trinajstić information content (AvgIpc) is 1.61. The summed E-state index contributed by atoms with van der Waals surface area (Å²) in [4.78, 5) is 123. The van der Waals surface area contributed by atoms with Crippen LogP contribution in [0.25, 0.3) is 57.1 Å². The number of carbonyl (C=O) groups is 8. The number of aromatic amines is 3. The minimum absolute atomic E-state index is 0. The molecule has 15 rings (SSSR count). The summed E-state index contributed by atoms with van der Waals surface area (Å²) in [6.45, 7) is 26.3. The molecule has 9 aromatic rings. The second kappa shape index (κ2) is 34.1. The van der Waals surface area contributed by atoms with Crippen molar-refractivity contribution in [3.63, 3.8) is 0 Å². The van der Waals surface area contributed by atoms with Gasteiger partial charge in [0.15, 0.2) is 5.88 Å². The van der Waals surface area contributed by atoms with Crippen LogP contribution >= 0.6 is 46.4 Å². The summed E-state index contributed by atoms with van der Waals surface area (Å²) >= 11 is 4.90. The molecule has 0 bridgehead atoms. The highest BCUT2D eigenvalue weighted by Crippen LogP contribution is 2.42. The van der Waals surface area contributed by atoms with Crippen LogP contribution in [-0.4, -0.2) is 160 Å². The molecule has 3 unspecified atom stereocenters. The second-order valence-electron chi connectivity index (χ2n) is 30.5. The largest absolute Gasteiger partial charge is 0.482 e. The van der Waals surface area contributed by atoms with Crippen molar-refractivity contribution in [1.29, 1.82) is 0 Å². The van der Waals surface area contributed by atoms with Crippen LogP contribution in [0, 0.1) is 41.5 Å². The molecule has 0 spiro atoms. The first kappa shape index (κ1) is 82.2. The van der Waals surface area contributed by atoms with Gasteiger partial charge in [0.2, 0.25) is 5.91 Å². The molecule has 3 saturated heterocycles. The Morgan fingerprint density at radius 1 is 0.527 bits per heavy atom. The predicted molar refractivity (Wildman–Crippen MR) is 438 cm³/mol. The zero-order valence-electron chi connectivity index (χ0n) is 64.7. The molecule has 6 aromatic heterocycles. The van der Waals surface area contributed by atoms with Crippen molar-refractivity contribution in [3.8, 4) is 39.7 Å². The topological polar surface area (TPSA) is 366 Å². The lowest BCUT2D eigenvalue weighted by molar-refractivity contribution is -0.115. The number of H-pyrrole nitrogens is 3. The molecule has 0 aliphatic carbocycles. The molecule has 26 nitrogen and oxygen atoms in total. The number of hydrogen-bond acceptors (Lipinski definition) is 18. The van der Waals surface area contributed by atoms with Gasteiger partial charge in [-0.3, -0.25) is 14.4 Å². The van der Waals surface area contributed by atoms with Gasteiger partial charge in [-0.05, 0) is 193 Å². The number of fused-ring (bicyclic) bond motifs is 3. The van der Waals surface area contributed by atoms with E-state index in [0.717, 1.165) is 129 Å². The van der Waals surface area contributed by atoms with Gasteiger partial charge in [0.25, 0.3) is 11.8 Å². The number of ether oxygens (including phenoxy) is 3. The SMILES string of the molecule is CC(C)(C)OC(=O)N1CCCC(c2nc(-c3ccc4c(c3)CC(=O)N4)cs2)C1.COc1[nH]c(C)c(C(=O)O)c1C.Cc1[nH]c(/C=C2\C(=O)Nc3ccc(-c4csc(C5CCCN(C(=O)OC(C)(C)C)C5)n4)cc32)c(C)c1C(=O)O.Cc1[nH]c(/C=C2\C(=O)Nc3ccc(-c4csc(C5CCCNC5)n4)cc32)c(C)c1C(=O)O.Cl. The molecule has 30 heteroatoms. The Morgan fingerprint density at radius 2 is 0.929 bits per heavy atom. The first-order valence-electron chi connectivity index (χ1n) is 36.8. The molecule has 12 heterocycles. The molecule has 3 fully saturated rings. The maximum Gasteiger partial charge on any atom is 0.410 e. The number of halogens is 1. The molecule has 10 N–H and O–H groups in total. The van der Waals surface area contributed by atoms with Crippen LogP contribution in [0.3, 0.4) is 0 Å². The molecule has 112 heavy (non-hydrogen) atoms. The summed E-state index contributed by atoms with van der Waals surface area (Å²) in [7, 11) is 1.50. The Labute approximate surface area is 666 Å². The van der Waals surface area contributed by atoms with Crippen LogP contribution in [0.4, 0.5) is 26.7 Å². The number of rotatable bonds is 12. The fraction of sp³-hybridized carbons (Fsp3) is 0.378. The van der Waals surface area contributed by atoms with Crippen LogP contribution in [0.1, 0.15) is 206 Å². The van der Waals surface area contributed by atoms with E-state index in [2.05, 4.69) is 47.0 Å². The van der Waals surface area contributed by atoms with Gasteiger partial charge < -0.3 is 75.5 Å². The van der Waals surface area contributed by atoms with Crippen molar-refractivity contribution in [1.82, 2.24) is 45.0 Å². The summed E-state index contributed by atoms with van der Waals surface area (Å²) in [5.41, 5.74) is 15.9. The number of anilines is 3. The van der Waals surface area contributed by atoms with Crippen LogP contribution in [0.15, 0.2) is 70.7 Å². The highest BCUT2D eigenvalue weighted by molar-refractivity contribution is 7.10. The third-order valence-corrected chi connectivity index (χ3v) is 23.1. The highest BCUT2D eigenvalue weighted by Gasteiger charge is 2.35. The lowest BCUT2D eigenvalue weighted by Gasteiger charge is -2.33. The van der Waals surface area contributed by atoms with E-state index >= 15 is 0 Å². The molecule has 590 valence electrons. The van der Waals surface area contributed by atoms with Crippen molar-refractivity contribution in [2.24, 2.45) is 0 Å². The van der Waals surface area contributed by atoms with Gasteiger partial charge >= 0.3 is 30.1 Å². The van der Waals surface area contributed by atoms with E-state index in [-0.39, 0.29) is 65.3 Å². The summed E-state index contributed by atoms with van der Waals surface area (Å²) in [6, 6.07) is 17.6. The van der Waals surface area contributed by atoms with Crippen LogP contribution in [-0.2, 0) is 30.3 Å². The Hall–Kier alpha value is -10.7. The van der Waals surface area contributed by atoms with Crippen LogP contribution in [0.5, 0.6) is 5.88 Å². The lowest BCUT2D eigenvalue weighted by atomic mass is 9.99. The number of hydrogen-bond donors (Lipinski definition) is 10. The number of thiazole rings is 3. The predicted octanol–water partition coefficient (Wildman–Crippen LogP) is 16.7. The summed E-state index contributed by atoms with van der Waals surface area (Å²) in [6.07, 6.45) is 9.47. The minimum Gasteiger partial charge on any atom is -0.482 e. The number of carbonyl (C=O) groups excluding carboxylic acids is 5. The van der Waals surface area contributed by atoms with Crippen LogP contribution < -0.4 is 26.0 Å². The highest BCUT2D eigenvalue weighted by atomic mass is 35.5. The summed E-state index contributed by atoms with van der Waals surface area (Å²) < 4.78 is 16.0. The quantitative estimate of drug-likeness (QED) is 0.0508. The van der Waals surface area contributed by atoms with E-state index in [4.69, 9.17) is 34.3 Å². The number of benzene rings is 3. The zero-order chi connectivity index (χ0) is 79.7. The lowest BCUT2D eigenvalue weighted by Crippen LogP contribution is -2.42. The van der Waals surface area contributed by atoms with Gasteiger partial charge in [-0.1, -0.05) is 18.2 Å². The number of aromatic nitrogens is 6. The van der Waals surface area contributed by atoms with Crippen LogP contribution in [0.2, 0.25) is 0 Å². The number of aromatic carboxylic acids is 3. The van der Waals surface area contributed by atoms with E-state index in [9.17, 15) is 48.6 Å². The molecule has 0 saturated carbocycles. The first-order valence-corrected chi connectivity index (χ1v) is 39.5. The van der Waals surface area contributed by atoms with Gasteiger partial charge in [0.05, 0.1) is 73.5 Å². The number of likely N-dealkylation sites (tertiary alicyclic amines) is 2. The normalized spacial score (nSPS) is 17.8. The Kier molecular flexibility index (Phi) is 25.0. The maximum atomic E-state index is 12.8. The Morgan fingerprint density at radius 3 is 1.31 bits per heavy atom. The number of piperidine rings is 3. The molecule has 6 aliphatic rings. The molecule has 0 radical (unpaired) electrons. The van der Waals surface area contributed by atoms with Crippen molar-refractivity contribution >= 4 is 135 Å². The summed E-state index contributed by atoms with van der Waals surface area (Å²) in [5, 5.41) is 49.2. The number of amides is 5. The zero-order valence-corrected chi connectivity index (χ0v) is 68.0. The number of aryl methyl sites for hydroxylation is 3. The summed E-state index contributed by atoms with van der Waals surface area (Å²) in [5.74, 6) is -1.97. The smallest absolute Gasteiger partial charge is 0.410 e. The maximum absolute atomic E-state index is 12.8. The van der Waals surface area contributed by atoms with Crippen molar-refractivity contribution < 1.29 is 67.9 Å². The van der Waals surface area contributed by atoms with Gasteiger partial charge in [0, 0.05) is 146 Å². The average molecular weight is 1600 g/mol. The number of methoxy groups -OCH3 is 1. The molecule has 6 aliphatic heterocycles. The van der Waals surface area contributed by atoms with Crippen molar-refractivity contribution in [2.45, 2.75) is 157 Å². The van der Waals surface area contributed by atoms with E-state index in [0.29, 0.717) is 105 Å². The first-order chi connectivity index (χ1) is 52.7.